The maximum atomic E-state index is 12.7. The minimum atomic E-state index is -0.315. The van der Waals surface area contributed by atoms with E-state index in [0.717, 1.165) is 22.4 Å². The first kappa shape index (κ1) is 17.2. The van der Waals surface area contributed by atoms with Gasteiger partial charge in [-0.05, 0) is 30.3 Å². The van der Waals surface area contributed by atoms with E-state index in [0.29, 0.717) is 11.5 Å². The van der Waals surface area contributed by atoms with Gasteiger partial charge in [0.1, 0.15) is 5.69 Å². The number of fused-ring (bicyclic) bond motifs is 1. The number of H-pyrrole nitrogens is 1. The van der Waals surface area contributed by atoms with Crippen molar-refractivity contribution in [2.45, 2.75) is 0 Å². The Kier molecular flexibility index (Phi) is 4.82. The second-order valence-corrected chi connectivity index (χ2v) is 6.55. The molecule has 2 aromatic heterocycles. The largest absolute Gasteiger partial charge is 0.395 e. The van der Waals surface area contributed by atoms with Gasteiger partial charge in [0.15, 0.2) is 5.82 Å². The van der Waals surface area contributed by atoms with Gasteiger partial charge in [-0.15, -0.1) is 11.3 Å². The summed E-state index contributed by atoms with van der Waals surface area (Å²) in [7, 11) is 0. The van der Waals surface area contributed by atoms with Crippen LogP contribution in [0.4, 0.5) is 16.2 Å². The Morgan fingerprint density at radius 2 is 2.07 bits per heavy atom. The Labute approximate surface area is 159 Å². The van der Waals surface area contributed by atoms with Crippen molar-refractivity contribution in [1.82, 2.24) is 15.0 Å². The number of imidazole rings is 1. The number of carbonyl (C=O) groups excluding carboxylic acids is 1. The highest BCUT2D eigenvalue weighted by Gasteiger charge is 2.16. The number of carbonyl (C=O) groups is 1. The van der Waals surface area contributed by atoms with Crippen molar-refractivity contribution >= 4 is 39.8 Å². The molecule has 4 rings (SSSR count). The Bertz CT molecular complexity index is 1050. The van der Waals surface area contributed by atoms with Gasteiger partial charge >= 0.3 is 6.03 Å². The number of urea groups is 1. The minimum absolute atomic E-state index is 0.127. The fraction of sp³-hybridized carbons (Fsp3) is 0.105. The number of para-hydroxylation sites is 1. The first-order chi connectivity index (χ1) is 13.2. The first-order valence-corrected chi connectivity index (χ1v) is 9.31. The Morgan fingerprint density at radius 3 is 2.81 bits per heavy atom. The van der Waals surface area contributed by atoms with Crippen LogP contribution in [0.5, 0.6) is 0 Å². The van der Waals surface area contributed by atoms with Crippen LogP contribution in [0.25, 0.3) is 22.6 Å². The summed E-state index contributed by atoms with van der Waals surface area (Å²) in [5.74, 6) is 0.695. The number of aromatic amines is 1. The molecule has 8 heteroatoms. The molecule has 0 saturated carbocycles. The molecule has 2 aromatic carbocycles. The molecule has 0 unspecified atom stereocenters. The second kappa shape index (κ2) is 7.56. The van der Waals surface area contributed by atoms with Crippen LogP contribution in [0.2, 0.25) is 0 Å². The third-order valence-corrected chi connectivity index (χ3v) is 4.63. The van der Waals surface area contributed by atoms with Crippen LogP contribution in [0.3, 0.4) is 0 Å². The SMILES string of the molecule is O=C(Nc1ccc2[nH]c(-c3cscn3)nc2c1)N(CCO)c1ccccc1. The summed E-state index contributed by atoms with van der Waals surface area (Å²) in [6.45, 7) is 0.0756. The van der Waals surface area contributed by atoms with Gasteiger partial charge in [-0.3, -0.25) is 4.90 Å². The maximum absolute atomic E-state index is 12.7. The molecule has 4 aromatic rings. The monoisotopic (exact) mass is 379 g/mol. The number of nitrogens with zero attached hydrogens (tertiary/aromatic N) is 3. The molecule has 0 saturated heterocycles. The van der Waals surface area contributed by atoms with Gasteiger partial charge in [0.05, 0.1) is 29.7 Å². The van der Waals surface area contributed by atoms with Gasteiger partial charge in [0, 0.05) is 16.8 Å². The normalized spacial score (nSPS) is 10.9. The fourth-order valence-electron chi connectivity index (χ4n) is 2.78. The van der Waals surface area contributed by atoms with E-state index in [1.165, 1.54) is 16.2 Å². The molecule has 2 heterocycles. The van der Waals surface area contributed by atoms with Crippen molar-refractivity contribution in [2.24, 2.45) is 0 Å². The molecule has 7 nitrogen and oxygen atoms in total. The van der Waals surface area contributed by atoms with Gasteiger partial charge in [-0.2, -0.15) is 0 Å². The Balaban J connectivity index is 1.57. The van der Waals surface area contributed by atoms with E-state index in [1.54, 1.807) is 5.51 Å². The molecule has 3 N–H and O–H groups in total. The smallest absolute Gasteiger partial charge is 0.326 e. The molecule has 0 atom stereocenters. The van der Waals surface area contributed by atoms with Crippen LogP contribution >= 0.6 is 11.3 Å². The lowest BCUT2D eigenvalue weighted by atomic mass is 10.2. The van der Waals surface area contributed by atoms with E-state index >= 15 is 0 Å². The number of thiazole rings is 1. The summed E-state index contributed by atoms with van der Waals surface area (Å²) in [4.78, 5) is 26.2. The summed E-state index contributed by atoms with van der Waals surface area (Å²) in [5.41, 5.74) is 5.50. The molecule has 136 valence electrons. The van der Waals surface area contributed by atoms with Crippen molar-refractivity contribution in [2.75, 3.05) is 23.4 Å². The van der Waals surface area contributed by atoms with E-state index in [1.807, 2.05) is 53.9 Å². The minimum Gasteiger partial charge on any atom is -0.395 e. The number of aliphatic hydroxyl groups is 1. The average molecular weight is 379 g/mol. The summed E-state index contributed by atoms with van der Waals surface area (Å²) in [6, 6.07) is 14.4. The molecule has 0 aliphatic carbocycles. The van der Waals surface area contributed by atoms with Crippen molar-refractivity contribution < 1.29 is 9.90 Å². The van der Waals surface area contributed by atoms with E-state index < -0.39 is 0 Å². The average Bonchev–Trinajstić information content (AvgIpc) is 3.35. The van der Waals surface area contributed by atoms with Crippen LogP contribution in [0, 0.1) is 0 Å². The lowest BCUT2D eigenvalue weighted by Crippen LogP contribution is -2.37. The number of nitrogens with one attached hydrogen (secondary N) is 2. The van der Waals surface area contributed by atoms with E-state index in [-0.39, 0.29) is 19.2 Å². The Morgan fingerprint density at radius 1 is 1.22 bits per heavy atom. The van der Waals surface area contributed by atoms with Crippen molar-refractivity contribution in [3.8, 4) is 11.5 Å². The fourth-order valence-corrected chi connectivity index (χ4v) is 3.32. The molecule has 2 amide bonds. The summed E-state index contributed by atoms with van der Waals surface area (Å²) >= 11 is 1.51. The number of aliphatic hydroxyl groups excluding tert-OH is 1. The zero-order chi connectivity index (χ0) is 18.6. The molecular weight excluding hydrogens is 362 g/mol. The van der Waals surface area contributed by atoms with Crippen LogP contribution in [-0.4, -0.2) is 39.2 Å². The van der Waals surface area contributed by atoms with Crippen LogP contribution in [0.15, 0.2) is 59.4 Å². The van der Waals surface area contributed by atoms with E-state index in [2.05, 4.69) is 20.3 Å². The highest BCUT2D eigenvalue weighted by molar-refractivity contribution is 7.07. The number of rotatable bonds is 5. The molecular formula is C19H17N5O2S. The molecule has 0 spiro atoms. The van der Waals surface area contributed by atoms with Crippen LogP contribution < -0.4 is 10.2 Å². The van der Waals surface area contributed by atoms with Gasteiger partial charge < -0.3 is 15.4 Å². The quantitative estimate of drug-likeness (QED) is 0.493. The zero-order valence-electron chi connectivity index (χ0n) is 14.3. The number of hydrogen-bond donors (Lipinski definition) is 3. The lowest BCUT2D eigenvalue weighted by Gasteiger charge is -2.22. The van der Waals surface area contributed by atoms with Crippen molar-refractivity contribution in [3.05, 3.63) is 59.4 Å². The number of hydrogen-bond acceptors (Lipinski definition) is 5. The predicted octanol–water partition coefficient (Wildman–Crippen LogP) is 3.72. The topological polar surface area (TPSA) is 94.1 Å². The molecule has 27 heavy (non-hydrogen) atoms. The zero-order valence-corrected chi connectivity index (χ0v) is 15.1. The maximum Gasteiger partial charge on any atom is 0.326 e. The third kappa shape index (κ3) is 3.67. The molecule has 0 aliphatic rings. The van der Waals surface area contributed by atoms with Crippen molar-refractivity contribution in [1.29, 1.82) is 0 Å². The summed E-state index contributed by atoms with van der Waals surface area (Å²) < 4.78 is 0. The molecule has 0 fully saturated rings. The van der Waals surface area contributed by atoms with Crippen molar-refractivity contribution in [3.63, 3.8) is 0 Å². The summed E-state index contributed by atoms with van der Waals surface area (Å²) in [6.07, 6.45) is 0. The molecule has 0 bridgehead atoms. The van der Waals surface area contributed by atoms with Gasteiger partial charge in [0.2, 0.25) is 0 Å². The van der Waals surface area contributed by atoms with E-state index in [9.17, 15) is 9.90 Å². The predicted molar refractivity (Wildman–Crippen MR) is 107 cm³/mol. The molecule has 0 aliphatic heterocycles. The number of anilines is 2. The number of amides is 2. The summed E-state index contributed by atoms with van der Waals surface area (Å²) in [5, 5.41) is 14.1. The van der Waals surface area contributed by atoms with Gasteiger partial charge in [-0.1, -0.05) is 18.2 Å². The standard InChI is InChI=1S/C19H17N5O2S/c25-9-8-24(14-4-2-1-3-5-14)19(26)21-13-6-7-15-16(10-13)23-18(22-15)17-11-27-12-20-17/h1-7,10-12,25H,8-9H2,(H,21,26)(H,22,23). The highest BCUT2D eigenvalue weighted by Crippen LogP contribution is 2.23. The number of aromatic nitrogens is 3. The highest BCUT2D eigenvalue weighted by atomic mass is 32.1. The van der Waals surface area contributed by atoms with Gasteiger partial charge in [-0.25, -0.2) is 14.8 Å². The Hall–Kier alpha value is -3.23. The molecule has 0 radical (unpaired) electrons. The number of benzene rings is 2. The second-order valence-electron chi connectivity index (χ2n) is 5.83. The van der Waals surface area contributed by atoms with Crippen LogP contribution in [0.1, 0.15) is 0 Å². The van der Waals surface area contributed by atoms with Gasteiger partial charge in [0.25, 0.3) is 0 Å². The first-order valence-electron chi connectivity index (χ1n) is 8.37. The van der Waals surface area contributed by atoms with E-state index in [4.69, 9.17) is 0 Å². The third-order valence-electron chi connectivity index (χ3n) is 4.05. The lowest BCUT2D eigenvalue weighted by molar-refractivity contribution is 0.252. The van der Waals surface area contributed by atoms with Crippen LogP contribution in [-0.2, 0) is 0 Å².